The average Bonchev–Trinajstić information content (AvgIpc) is 2.55. The van der Waals surface area contributed by atoms with Crippen molar-refractivity contribution in [1.29, 1.82) is 0 Å². The molecule has 1 aliphatic heterocycles. The Labute approximate surface area is 136 Å². The molecule has 0 aliphatic carbocycles. The molecule has 23 heavy (non-hydrogen) atoms. The van der Waals surface area contributed by atoms with E-state index in [0.717, 1.165) is 38.9 Å². The Morgan fingerprint density at radius 1 is 1.30 bits per heavy atom. The Morgan fingerprint density at radius 3 is 2.70 bits per heavy atom. The van der Waals surface area contributed by atoms with Crippen LogP contribution in [0.5, 0.6) is 5.75 Å². The summed E-state index contributed by atoms with van der Waals surface area (Å²) in [5.41, 5.74) is 0. The zero-order chi connectivity index (χ0) is 16.5. The number of rotatable bonds is 8. The second kappa shape index (κ2) is 9.47. The zero-order valence-corrected chi connectivity index (χ0v) is 13.3. The largest absolute Gasteiger partial charge is 0.493 e. The van der Waals surface area contributed by atoms with Crippen LogP contribution in [0, 0.1) is 5.82 Å². The van der Waals surface area contributed by atoms with Crippen LogP contribution in [-0.2, 0) is 4.79 Å². The lowest BCUT2D eigenvalue weighted by molar-refractivity contribution is -0.121. The second-order valence-electron chi connectivity index (χ2n) is 5.83. The molecule has 0 radical (unpaired) electrons. The molecule has 1 heterocycles. The van der Waals surface area contributed by atoms with Gasteiger partial charge >= 0.3 is 0 Å². The van der Waals surface area contributed by atoms with E-state index in [9.17, 15) is 14.3 Å². The molecule has 2 N–H and O–H groups in total. The third-order valence-electron chi connectivity index (χ3n) is 3.94. The van der Waals surface area contributed by atoms with Crippen LogP contribution in [-0.4, -0.2) is 54.8 Å². The monoisotopic (exact) mass is 324 g/mol. The van der Waals surface area contributed by atoms with Gasteiger partial charge in [0.25, 0.3) is 0 Å². The molecule has 1 aromatic carbocycles. The molecule has 6 heteroatoms. The minimum atomic E-state index is -0.307. The first-order valence-corrected chi connectivity index (χ1v) is 8.19. The summed E-state index contributed by atoms with van der Waals surface area (Å²) in [7, 11) is 0. The lowest BCUT2D eigenvalue weighted by Gasteiger charge is -2.29. The lowest BCUT2D eigenvalue weighted by Crippen LogP contribution is -2.37. The molecule has 1 aromatic rings. The number of hydrogen-bond donors (Lipinski definition) is 2. The van der Waals surface area contributed by atoms with Crippen LogP contribution < -0.4 is 10.1 Å². The number of likely N-dealkylation sites (tertiary alicyclic amines) is 1. The number of amides is 1. The molecule has 0 atom stereocenters. The number of piperidine rings is 1. The second-order valence-corrected chi connectivity index (χ2v) is 5.83. The fraction of sp³-hybridized carbons (Fsp3) is 0.588. The van der Waals surface area contributed by atoms with Crippen molar-refractivity contribution in [2.45, 2.75) is 31.8 Å². The van der Waals surface area contributed by atoms with Gasteiger partial charge in [0, 0.05) is 19.6 Å². The SMILES string of the molecule is O=C(CCOc1ccc(F)cc1)NCCCN1CCC(O)CC1. The van der Waals surface area contributed by atoms with Gasteiger partial charge in [0.05, 0.1) is 19.1 Å². The summed E-state index contributed by atoms with van der Waals surface area (Å²) in [6.45, 7) is 3.73. The quantitative estimate of drug-likeness (QED) is 0.713. The molecule has 0 bridgehead atoms. The van der Waals surface area contributed by atoms with Gasteiger partial charge in [-0.3, -0.25) is 4.79 Å². The number of benzene rings is 1. The van der Waals surface area contributed by atoms with Gasteiger partial charge < -0.3 is 20.1 Å². The lowest BCUT2D eigenvalue weighted by atomic mass is 10.1. The number of ether oxygens (including phenoxy) is 1. The van der Waals surface area contributed by atoms with E-state index in [-0.39, 0.29) is 30.9 Å². The first kappa shape index (κ1) is 17.7. The standard InChI is InChI=1S/C17H25FN2O3/c18-14-2-4-16(5-3-14)23-13-8-17(22)19-9-1-10-20-11-6-15(21)7-12-20/h2-5,15,21H,1,6-13H2,(H,19,22). The summed E-state index contributed by atoms with van der Waals surface area (Å²) in [4.78, 5) is 14.0. The highest BCUT2D eigenvalue weighted by molar-refractivity contribution is 5.75. The van der Waals surface area contributed by atoms with E-state index >= 15 is 0 Å². The first-order chi connectivity index (χ1) is 11.1. The number of carbonyl (C=O) groups excluding carboxylic acids is 1. The van der Waals surface area contributed by atoms with E-state index < -0.39 is 0 Å². The third kappa shape index (κ3) is 6.97. The van der Waals surface area contributed by atoms with Crippen molar-refractivity contribution in [3.05, 3.63) is 30.1 Å². The summed E-state index contributed by atoms with van der Waals surface area (Å²) in [5, 5.41) is 12.3. The maximum Gasteiger partial charge on any atom is 0.223 e. The van der Waals surface area contributed by atoms with E-state index in [4.69, 9.17) is 4.74 Å². The fourth-order valence-electron chi connectivity index (χ4n) is 2.55. The molecule has 5 nitrogen and oxygen atoms in total. The zero-order valence-electron chi connectivity index (χ0n) is 13.3. The van der Waals surface area contributed by atoms with E-state index in [1.165, 1.54) is 12.1 Å². The predicted molar refractivity (Wildman–Crippen MR) is 85.8 cm³/mol. The Balaban J connectivity index is 1.49. The summed E-state index contributed by atoms with van der Waals surface area (Å²) in [6, 6.07) is 5.75. The molecular formula is C17H25FN2O3. The molecule has 0 spiro atoms. The number of aliphatic hydroxyl groups excluding tert-OH is 1. The highest BCUT2D eigenvalue weighted by atomic mass is 19.1. The van der Waals surface area contributed by atoms with Crippen molar-refractivity contribution >= 4 is 5.91 Å². The van der Waals surface area contributed by atoms with Gasteiger partial charge in [-0.05, 0) is 50.1 Å². The molecule has 1 aliphatic rings. The van der Waals surface area contributed by atoms with Gasteiger partial charge in [-0.15, -0.1) is 0 Å². The smallest absolute Gasteiger partial charge is 0.223 e. The maximum atomic E-state index is 12.7. The first-order valence-electron chi connectivity index (χ1n) is 8.19. The predicted octanol–water partition coefficient (Wildman–Crippen LogP) is 1.56. The van der Waals surface area contributed by atoms with Gasteiger partial charge in [-0.1, -0.05) is 0 Å². The van der Waals surface area contributed by atoms with Crippen LogP contribution in [0.2, 0.25) is 0 Å². The van der Waals surface area contributed by atoms with Crippen molar-refractivity contribution in [2.24, 2.45) is 0 Å². The summed E-state index contributed by atoms with van der Waals surface area (Å²) in [5.74, 6) is 0.214. The summed E-state index contributed by atoms with van der Waals surface area (Å²) < 4.78 is 18.1. The number of nitrogens with zero attached hydrogens (tertiary/aromatic N) is 1. The van der Waals surface area contributed by atoms with Gasteiger partial charge in [0.1, 0.15) is 11.6 Å². The van der Waals surface area contributed by atoms with Crippen molar-refractivity contribution in [1.82, 2.24) is 10.2 Å². The average molecular weight is 324 g/mol. The Kier molecular flexibility index (Phi) is 7.29. The normalized spacial score (nSPS) is 16.3. The number of hydrogen-bond acceptors (Lipinski definition) is 4. The topological polar surface area (TPSA) is 61.8 Å². The van der Waals surface area contributed by atoms with Gasteiger partial charge in [0.2, 0.25) is 5.91 Å². The molecule has 1 saturated heterocycles. The Hall–Kier alpha value is -1.66. The minimum Gasteiger partial charge on any atom is -0.493 e. The van der Waals surface area contributed by atoms with Gasteiger partial charge in [-0.25, -0.2) is 4.39 Å². The fourth-order valence-corrected chi connectivity index (χ4v) is 2.55. The van der Waals surface area contributed by atoms with Crippen LogP contribution >= 0.6 is 0 Å². The van der Waals surface area contributed by atoms with Crippen LogP contribution in [0.25, 0.3) is 0 Å². The Morgan fingerprint density at radius 2 is 2.00 bits per heavy atom. The molecule has 1 fully saturated rings. The van der Waals surface area contributed by atoms with Crippen molar-refractivity contribution in [2.75, 3.05) is 32.8 Å². The summed E-state index contributed by atoms with van der Waals surface area (Å²) in [6.07, 6.45) is 2.72. The molecule has 1 amide bonds. The van der Waals surface area contributed by atoms with Crippen LogP contribution in [0.3, 0.4) is 0 Å². The van der Waals surface area contributed by atoms with Crippen molar-refractivity contribution in [3.8, 4) is 5.75 Å². The van der Waals surface area contributed by atoms with Crippen molar-refractivity contribution < 1.29 is 19.0 Å². The summed E-state index contributed by atoms with van der Waals surface area (Å²) >= 11 is 0. The molecule has 0 aromatic heterocycles. The number of aliphatic hydroxyl groups is 1. The highest BCUT2D eigenvalue weighted by Crippen LogP contribution is 2.11. The minimum absolute atomic E-state index is 0.0406. The van der Waals surface area contributed by atoms with E-state index in [1.807, 2.05) is 0 Å². The molecular weight excluding hydrogens is 299 g/mol. The maximum absolute atomic E-state index is 12.7. The molecule has 128 valence electrons. The van der Waals surface area contributed by atoms with Crippen LogP contribution in [0.1, 0.15) is 25.7 Å². The van der Waals surface area contributed by atoms with Crippen molar-refractivity contribution in [3.63, 3.8) is 0 Å². The number of carbonyl (C=O) groups is 1. The molecule has 0 unspecified atom stereocenters. The highest BCUT2D eigenvalue weighted by Gasteiger charge is 2.16. The Bertz CT molecular complexity index is 473. The number of nitrogens with one attached hydrogen (secondary N) is 1. The molecule has 2 rings (SSSR count). The van der Waals surface area contributed by atoms with Crippen LogP contribution in [0.15, 0.2) is 24.3 Å². The van der Waals surface area contributed by atoms with E-state index in [1.54, 1.807) is 12.1 Å². The van der Waals surface area contributed by atoms with Crippen LogP contribution in [0.4, 0.5) is 4.39 Å². The van der Waals surface area contributed by atoms with E-state index in [0.29, 0.717) is 12.3 Å². The van der Waals surface area contributed by atoms with Gasteiger partial charge in [-0.2, -0.15) is 0 Å². The van der Waals surface area contributed by atoms with Gasteiger partial charge in [0.15, 0.2) is 0 Å². The third-order valence-corrected chi connectivity index (χ3v) is 3.94. The van der Waals surface area contributed by atoms with E-state index in [2.05, 4.69) is 10.2 Å². The molecule has 0 saturated carbocycles. The number of halogens is 1.